The molecule has 0 heterocycles. The molecule has 1 atom stereocenters. The van der Waals surface area contributed by atoms with E-state index in [2.05, 4.69) is 21.2 Å². The normalized spacial score (nSPS) is 12.0. The molecular weight excluding hydrogens is 609 g/mol. The molecule has 0 aliphatic rings. The van der Waals surface area contributed by atoms with E-state index in [9.17, 15) is 22.4 Å². The van der Waals surface area contributed by atoms with Crippen molar-refractivity contribution in [1.29, 1.82) is 0 Å². The number of anilines is 1. The SMILES string of the molecule is CCCNC(=O)[C@@H](Cc1ccccc1)N(Cc1ccc(Br)cc1)C(=O)CN(c1ccc(F)c(Cl)c1)S(C)(=O)=O. The maximum absolute atomic E-state index is 13.9. The summed E-state index contributed by atoms with van der Waals surface area (Å²) in [5.74, 6) is -1.66. The van der Waals surface area contributed by atoms with Crippen LogP contribution in [0.25, 0.3) is 0 Å². The van der Waals surface area contributed by atoms with Crippen LogP contribution in [-0.4, -0.2) is 50.5 Å². The monoisotopic (exact) mass is 637 g/mol. The molecule has 3 aromatic carbocycles. The average molecular weight is 639 g/mol. The minimum absolute atomic E-state index is 0.0379. The van der Waals surface area contributed by atoms with Gasteiger partial charge < -0.3 is 10.2 Å². The number of halogens is 3. The van der Waals surface area contributed by atoms with Crippen molar-refractivity contribution >= 4 is 55.1 Å². The molecule has 0 fully saturated rings. The van der Waals surface area contributed by atoms with Gasteiger partial charge in [0.05, 0.1) is 17.0 Å². The molecule has 0 aliphatic heterocycles. The molecule has 0 aliphatic carbocycles. The van der Waals surface area contributed by atoms with E-state index < -0.39 is 34.3 Å². The first kappa shape index (κ1) is 30.6. The topological polar surface area (TPSA) is 86.8 Å². The fourth-order valence-electron chi connectivity index (χ4n) is 3.96. The molecule has 39 heavy (non-hydrogen) atoms. The molecule has 3 aromatic rings. The van der Waals surface area contributed by atoms with Gasteiger partial charge in [0.15, 0.2) is 0 Å². The van der Waals surface area contributed by atoms with Gasteiger partial charge in [0, 0.05) is 24.0 Å². The van der Waals surface area contributed by atoms with Crippen molar-refractivity contribution in [3.8, 4) is 0 Å². The summed E-state index contributed by atoms with van der Waals surface area (Å²) >= 11 is 9.31. The number of carbonyl (C=O) groups is 2. The highest BCUT2D eigenvalue weighted by molar-refractivity contribution is 9.10. The van der Waals surface area contributed by atoms with Crippen LogP contribution in [0.5, 0.6) is 0 Å². The standard InChI is InChI=1S/C28H30BrClFN3O4S/c1-3-15-32-28(36)26(16-20-7-5-4-6-8-20)33(18-21-9-11-22(29)12-10-21)27(35)19-34(39(2,37)38)23-13-14-25(31)24(30)17-23/h4-14,17,26H,3,15-16,18-19H2,1-2H3,(H,32,36)/t26-/m1/s1. The third kappa shape index (κ3) is 8.78. The van der Waals surface area contributed by atoms with Crippen molar-refractivity contribution in [2.75, 3.05) is 23.7 Å². The predicted octanol–water partition coefficient (Wildman–Crippen LogP) is 5.17. The Balaban J connectivity index is 2.04. The van der Waals surface area contributed by atoms with Gasteiger partial charge in [0.25, 0.3) is 0 Å². The van der Waals surface area contributed by atoms with Gasteiger partial charge in [-0.2, -0.15) is 0 Å². The van der Waals surface area contributed by atoms with E-state index >= 15 is 0 Å². The van der Waals surface area contributed by atoms with Gasteiger partial charge in [-0.1, -0.05) is 76.9 Å². The Kier molecular flexibility index (Phi) is 10.9. The second-order valence-corrected chi connectivity index (χ2v) is 12.2. The Morgan fingerprint density at radius 2 is 1.69 bits per heavy atom. The molecule has 0 spiro atoms. The number of rotatable bonds is 12. The van der Waals surface area contributed by atoms with Crippen molar-refractivity contribution in [3.63, 3.8) is 0 Å². The molecule has 7 nitrogen and oxygen atoms in total. The lowest BCUT2D eigenvalue weighted by atomic mass is 10.0. The predicted molar refractivity (Wildman–Crippen MR) is 156 cm³/mol. The summed E-state index contributed by atoms with van der Waals surface area (Å²) in [6, 6.07) is 19.1. The van der Waals surface area contributed by atoms with Crippen molar-refractivity contribution in [2.24, 2.45) is 0 Å². The third-order valence-corrected chi connectivity index (χ3v) is 7.92. The fraction of sp³-hybridized carbons (Fsp3) is 0.286. The summed E-state index contributed by atoms with van der Waals surface area (Å²) in [4.78, 5) is 28.8. The molecule has 0 unspecified atom stereocenters. The molecule has 1 N–H and O–H groups in total. The zero-order chi connectivity index (χ0) is 28.6. The highest BCUT2D eigenvalue weighted by Gasteiger charge is 2.33. The van der Waals surface area contributed by atoms with E-state index in [1.54, 1.807) is 0 Å². The van der Waals surface area contributed by atoms with E-state index in [1.807, 2.05) is 61.5 Å². The Bertz CT molecular complexity index is 1390. The summed E-state index contributed by atoms with van der Waals surface area (Å²) in [6.07, 6.45) is 1.88. The van der Waals surface area contributed by atoms with Gasteiger partial charge in [-0.05, 0) is 47.9 Å². The van der Waals surface area contributed by atoms with E-state index in [1.165, 1.54) is 11.0 Å². The van der Waals surface area contributed by atoms with Crippen LogP contribution in [0, 0.1) is 5.82 Å². The van der Waals surface area contributed by atoms with Crippen LogP contribution >= 0.6 is 27.5 Å². The molecule has 3 rings (SSSR count). The molecule has 11 heteroatoms. The Labute approximate surface area is 242 Å². The molecule has 0 aromatic heterocycles. The quantitative estimate of drug-likeness (QED) is 0.297. The van der Waals surface area contributed by atoms with E-state index in [0.29, 0.717) is 13.0 Å². The first-order valence-corrected chi connectivity index (χ1v) is 15.3. The van der Waals surface area contributed by atoms with Crippen molar-refractivity contribution in [3.05, 3.63) is 99.2 Å². The number of hydrogen-bond donors (Lipinski definition) is 1. The molecule has 0 bridgehead atoms. The van der Waals surface area contributed by atoms with E-state index in [-0.39, 0.29) is 29.6 Å². The van der Waals surface area contributed by atoms with Gasteiger partial charge in [-0.15, -0.1) is 0 Å². The summed E-state index contributed by atoms with van der Waals surface area (Å²) in [6.45, 7) is 1.80. The summed E-state index contributed by atoms with van der Waals surface area (Å²) in [7, 11) is -3.98. The number of carbonyl (C=O) groups excluding carboxylic acids is 2. The second kappa shape index (κ2) is 13.9. The fourth-order valence-corrected chi connectivity index (χ4v) is 5.24. The number of hydrogen-bond acceptors (Lipinski definition) is 4. The number of nitrogens with one attached hydrogen (secondary N) is 1. The third-order valence-electron chi connectivity index (χ3n) is 5.96. The minimum Gasteiger partial charge on any atom is -0.354 e. The molecule has 208 valence electrons. The van der Waals surface area contributed by atoms with Gasteiger partial charge in [0.2, 0.25) is 21.8 Å². The number of nitrogens with zero attached hydrogens (tertiary/aromatic N) is 2. The van der Waals surface area contributed by atoms with Crippen LogP contribution in [0.4, 0.5) is 10.1 Å². The maximum atomic E-state index is 13.9. The van der Waals surface area contributed by atoms with Crippen molar-refractivity contribution < 1.29 is 22.4 Å². The lowest BCUT2D eigenvalue weighted by Crippen LogP contribution is -2.53. The zero-order valence-corrected chi connectivity index (χ0v) is 24.8. The molecule has 0 saturated heterocycles. The highest BCUT2D eigenvalue weighted by atomic mass is 79.9. The van der Waals surface area contributed by atoms with Gasteiger partial charge in [-0.25, -0.2) is 12.8 Å². The lowest BCUT2D eigenvalue weighted by molar-refractivity contribution is -0.140. The summed E-state index contributed by atoms with van der Waals surface area (Å²) < 4.78 is 41.0. The average Bonchev–Trinajstić information content (AvgIpc) is 2.90. The zero-order valence-electron chi connectivity index (χ0n) is 21.6. The first-order valence-electron chi connectivity index (χ1n) is 12.3. The lowest BCUT2D eigenvalue weighted by Gasteiger charge is -2.33. The Hall–Kier alpha value is -2.95. The number of amides is 2. The number of benzene rings is 3. The first-order chi connectivity index (χ1) is 18.5. The highest BCUT2D eigenvalue weighted by Crippen LogP contribution is 2.25. The molecule has 0 saturated carbocycles. The van der Waals surface area contributed by atoms with Crippen molar-refractivity contribution in [1.82, 2.24) is 10.2 Å². The van der Waals surface area contributed by atoms with Crippen LogP contribution < -0.4 is 9.62 Å². The van der Waals surface area contributed by atoms with Crippen LogP contribution in [0.15, 0.2) is 77.3 Å². The minimum atomic E-state index is -3.98. The summed E-state index contributed by atoms with van der Waals surface area (Å²) in [5.41, 5.74) is 1.63. The summed E-state index contributed by atoms with van der Waals surface area (Å²) in [5, 5.41) is 2.60. The Morgan fingerprint density at radius 1 is 1.03 bits per heavy atom. The molecule has 2 amide bonds. The van der Waals surface area contributed by atoms with Crippen LogP contribution in [0.2, 0.25) is 5.02 Å². The Morgan fingerprint density at radius 3 is 2.28 bits per heavy atom. The molecular formula is C28H30BrClFN3O4S. The van der Waals surface area contributed by atoms with E-state index in [0.717, 1.165) is 38.3 Å². The van der Waals surface area contributed by atoms with Gasteiger partial charge in [0.1, 0.15) is 18.4 Å². The smallest absolute Gasteiger partial charge is 0.244 e. The van der Waals surface area contributed by atoms with Crippen LogP contribution in [0.1, 0.15) is 24.5 Å². The van der Waals surface area contributed by atoms with Crippen LogP contribution in [-0.2, 0) is 32.6 Å². The van der Waals surface area contributed by atoms with Crippen molar-refractivity contribution in [2.45, 2.75) is 32.4 Å². The van der Waals surface area contributed by atoms with Crippen LogP contribution in [0.3, 0.4) is 0 Å². The van der Waals surface area contributed by atoms with E-state index in [4.69, 9.17) is 11.6 Å². The molecule has 0 radical (unpaired) electrons. The largest absolute Gasteiger partial charge is 0.354 e. The maximum Gasteiger partial charge on any atom is 0.244 e. The number of sulfonamides is 1. The van der Waals surface area contributed by atoms with Gasteiger partial charge in [-0.3, -0.25) is 13.9 Å². The second-order valence-electron chi connectivity index (χ2n) is 9.01. The van der Waals surface area contributed by atoms with Gasteiger partial charge >= 0.3 is 0 Å².